The van der Waals surface area contributed by atoms with Crippen molar-refractivity contribution >= 4 is 17.1 Å². The first kappa shape index (κ1) is 11.0. The summed E-state index contributed by atoms with van der Waals surface area (Å²) in [4.78, 5) is 16.0. The number of aromatic nitrogens is 1. The fourth-order valence-electron chi connectivity index (χ4n) is 1.39. The van der Waals surface area contributed by atoms with Gasteiger partial charge in [-0.2, -0.15) is 0 Å². The lowest BCUT2D eigenvalue weighted by Crippen LogP contribution is -2.03. The second-order valence-electron chi connectivity index (χ2n) is 3.49. The van der Waals surface area contributed by atoms with Gasteiger partial charge in [-0.05, 0) is 19.1 Å². The van der Waals surface area contributed by atoms with Crippen LogP contribution in [0.3, 0.4) is 0 Å². The standard InChI is InChI=1S/C12H10FNOS/c1-8-7-16-12(14-8)6-11(15)9-3-2-4-10(13)5-9/h2-5,7H,6H2,1H3. The second-order valence-corrected chi connectivity index (χ2v) is 4.44. The van der Waals surface area contributed by atoms with Crippen LogP contribution in [0.5, 0.6) is 0 Å². The van der Waals surface area contributed by atoms with Gasteiger partial charge in [0.25, 0.3) is 0 Å². The summed E-state index contributed by atoms with van der Waals surface area (Å²) in [5.41, 5.74) is 1.31. The van der Waals surface area contributed by atoms with Crippen molar-refractivity contribution < 1.29 is 9.18 Å². The van der Waals surface area contributed by atoms with E-state index in [-0.39, 0.29) is 18.0 Å². The van der Waals surface area contributed by atoms with Gasteiger partial charge in [0, 0.05) is 16.6 Å². The fraction of sp³-hybridized carbons (Fsp3) is 0.167. The molecule has 4 heteroatoms. The molecule has 0 N–H and O–H groups in total. The molecular weight excluding hydrogens is 225 g/mol. The molecule has 0 amide bonds. The molecule has 0 saturated carbocycles. The van der Waals surface area contributed by atoms with Crippen molar-refractivity contribution in [2.45, 2.75) is 13.3 Å². The average molecular weight is 235 g/mol. The van der Waals surface area contributed by atoms with Gasteiger partial charge in [-0.3, -0.25) is 4.79 Å². The number of halogens is 1. The Labute approximate surface area is 96.8 Å². The van der Waals surface area contributed by atoms with E-state index >= 15 is 0 Å². The van der Waals surface area contributed by atoms with Crippen molar-refractivity contribution in [3.8, 4) is 0 Å². The average Bonchev–Trinajstić information content (AvgIpc) is 2.64. The molecule has 2 nitrogen and oxygen atoms in total. The van der Waals surface area contributed by atoms with Crippen molar-refractivity contribution in [3.05, 3.63) is 51.7 Å². The third kappa shape index (κ3) is 2.52. The molecule has 0 aliphatic heterocycles. The first-order valence-corrected chi connectivity index (χ1v) is 5.73. The van der Waals surface area contributed by atoms with E-state index in [1.807, 2.05) is 12.3 Å². The molecule has 2 rings (SSSR count). The van der Waals surface area contributed by atoms with E-state index in [1.54, 1.807) is 6.07 Å². The van der Waals surface area contributed by atoms with Crippen molar-refractivity contribution in [3.63, 3.8) is 0 Å². The van der Waals surface area contributed by atoms with E-state index in [2.05, 4.69) is 4.98 Å². The lowest BCUT2D eigenvalue weighted by atomic mass is 10.1. The van der Waals surface area contributed by atoms with Gasteiger partial charge in [0.15, 0.2) is 5.78 Å². The summed E-state index contributed by atoms with van der Waals surface area (Å²) in [6.45, 7) is 1.88. The maximum Gasteiger partial charge on any atom is 0.169 e. The number of thiazole rings is 1. The topological polar surface area (TPSA) is 30.0 Å². The Bertz CT molecular complexity index is 521. The molecule has 0 spiro atoms. The maximum atomic E-state index is 12.9. The van der Waals surface area contributed by atoms with Gasteiger partial charge in [0.05, 0.1) is 6.42 Å². The Morgan fingerprint density at radius 2 is 2.31 bits per heavy atom. The summed E-state index contributed by atoms with van der Waals surface area (Å²) in [5.74, 6) is -0.491. The van der Waals surface area contributed by atoms with Crippen LogP contribution in [0, 0.1) is 12.7 Å². The summed E-state index contributed by atoms with van der Waals surface area (Å²) in [7, 11) is 0. The van der Waals surface area contributed by atoms with Crippen LogP contribution in [0.1, 0.15) is 21.1 Å². The van der Waals surface area contributed by atoms with E-state index in [1.165, 1.54) is 29.5 Å². The van der Waals surface area contributed by atoms with Crippen LogP contribution in [0.25, 0.3) is 0 Å². The van der Waals surface area contributed by atoms with Crippen LogP contribution in [0.4, 0.5) is 4.39 Å². The van der Waals surface area contributed by atoms with Gasteiger partial charge in [-0.1, -0.05) is 12.1 Å². The summed E-state index contributed by atoms with van der Waals surface area (Å²) in [5, 5.41) is 2.67. The molecule has 0 radical (unpaired) electrons. The second kappa shape index (κ2) is 4.53. The van der Waals surface area contributed by atoms with E-state index < -0.39 is 0 Å². The number of benzene rings is 1. The van der Waals surface area contributed by atoms with Crippen LogP contribution in [-0.2, 0) is 6.42 Å². The molecule has 0 aliphatic rings. The first-order valence-electron chi connectivity index (χ1n) is 4.85. The molecule has 82 valence electrons. The number of carbonyl (C=O) groups is 1. The van der Waals surface area contributed by atoms with E-state index in [0.717, 1.165) is 10.7 Å². The monoisotopic (exact) mass is 235 g/mol. The number of hydrogen-bond acceptors (Lipinski definition) is 3. The number of aryl methyl sites for hydroxylation is 1. The van der Waals surface area contributed by atoms with Gasteiger partial charge in [0.1, 0.15) is 10.8 Å². The predicted molar refractivity (Wildman–Crippen MR) is 61.3 cm³/mol. The Hall–Kier alpha value is -1.55. The number of carbonyl (C=O) groups excluding carboxylic acids is 1. The summed E-state index contributed by atoms with van der Waals surface area (Å²) in [6, 6.07) is 5.73. The van der Waals surface area contributed by atoms with Crippen LogP contribution in [-0.4, -0.2) is 10.8 Å². The SMILES string of the molecule is Cc1csc(CC(=O)c2cccc(F)c2)n1. The van der Waals surface area contributed by atoms with Gasteiger partial charge < -0.3 is 0 Å². The van der Waals surface area contributed by atoms with Crippen molar-refractivity contribution in [1.29, 1.82) is 0 Å². The van der Waals surface area contributed by atoms with Gasteiger partial charge in [0.2, 0.25) is 0 Å². The summed E-state index contributed by atoms with van der Waals surface area (Å²) < 4.78 is 12.9. The normalized spacial score (nSPS) is 10.4. The number of hydrogen-bond donors (Lipinski definition) is 0. The minimum atomic E-state index is -0.388. The Morgan fingerprint density at radius 1 is 1.50 bits per heavy atom. The zero-order valence-electron chi connectivity index (χ0n) is 8.74. The molecule has 0 bridgehead atoms. The molecule has 0 atom stereocenters. The van der Waals surface area contributed by atoms with Crippen LogP contribution in [0.2, 0.25) is 0 Å². The highest BCUT2D eigenvalue weighted by molar-refractivity contribution is 7.09. The molecule has 2 aromatic rings. The molecule has 0 fully saturated rings. The Kier molecular flexibility index (Phi) is 3.10. The van der Waals surface area contributed by atoms with Crippen LogP contribution < -0.4 is 0 Å². The summed E-state index contributed by atoms with van der Waals surface area (Å²) >= 11 is 1.45. The molecule has 0 aliphatic carbocycles. The molecule has 1 aromatic heterocycles. The molecule has 16 heavy (non-hydrogen) atoms. The van der Waals surface area contributed by atoms with Crippen LogP contribution >= 0.6 is 11.3 Å². The van der Waals surface area contributed by atoms with Gasteiger partial charge in [-0.15, -0.1) is 11.3 Å². The quantitative estimate of drug-likeness (QED) is 0.765. The Morgan fingerprint density at radius 3 is 2.94 bits per heavy atom. The summed E-state index contributed by atoms with van der Waals surface area (Å²) in [6.07, 6.45) is 0.238. The van der Waals surface area contributed by atoms with E-state index in [0.29, 0.717) is 5.56 Å². The lowest BCUT2D eigenvalue weighted by Gasteiger charge is -1.98. The molecular formula is C12H10FNOS. The van der Waals surface area contributed by atoms with Crippen LogP contribution in [0.15, 0.2) is 29.6 Å². The highest BCUT2D eigenvalue weighted by atomic mass is 32.1. The lowest BCUT2D eigenvalue weighted by molar-refractivity contribution is 0.0992. The zero-order chi connectivity index (χ0) is 11.5. The van der Waals surface area contributed by atoms with Gasteiger partial charge >= 0.3 is 0 Å². The zero-order valence-corrected chi connectivity index (χ0v) is 9.55. The van der Waals surface area contributed by atoms with Crippen molar-refractivity contribution in [2.75, 3.05) is 0 Å². The Balaban J connectivity index is 2.14. The number of rotatable bonds is 3. The molecule has 0 saturated heterocycles. The minimum Gasteiger partial charge on any atom is -0.294 e. The largest absolute Gasteiger partial charge is 0.294 e. The van der Waals surface area contributed by atoms with Crippen molar-refractivity contribution in [2.24, 2.45) is 0 Å². The van der Waals surface area contributed by atoms with E-state index in [9.17, 15) is 9.18 Å². The third-order valence-corrected chi connectivity index (χ3v) is 3.09. The molecule has 0 unspecified atom stereocenters. The number of nitrogens with zero attached hydrogens (tertiary/aromatic N) is 1. The first-order chi connectivity index (χ1) is 7.65. The van der Waals surface area contributed by atoms with Crippen molar-refractivity contribution in [1.82, 2.24) is 4.98 Å². The maximum absolute atomic E-state index is 12.9. The molecule has 1 aromatic carbocycles. The fourth-order valence-corrected chi connectivity index (χ4v) is 2.16. The number of Topliss-reactive ketones (excluding diaryl/α,β-unsaturated/α-hetero) is 1. The number of ketones is 1. The minimum absolute atomic E-state index is 0.103. The third-order valence-electron chi connectivity index (χ3n) is 2.12. The smallest absolute Gasteiger partial charge is 0.169 e. The highest BCUT2D eigenvalue weighted by Crippen LogP contribution is 2.13. The predicted octanol–water partition coefficient (Wildman–Crippen LogP) is 3.02. The molecule has 1 heterocycles. The highest BCUT2D eigenvalue weighted by Gasteiger charge is 2.09. The van der Waals surface area contributed by atoms with E-state index in [4.69, 9.17) is 0 Å². The van der Waals surface area contributed by atoms with Gasteiger partial charge in [-0.25, -0.2) is 9.37 Å².